The lowest BCUT2D eigenvalue weighted by Gasteiger charge is -2.08. The number of amides is 2. The second kappa shape index (κ2) is 7.09. The molecule has 0 fully saturated rings. The van der Waals surface area contributed by atoms with Crippen LogP contribution in [-0.2, 0) is 11.3 Å². The number of hydrogen-bond acceptors (Lipinski definition) is 3. The molecular weight excluding hydrogens is 304 g/mol. The maximum atomic E-state index is 11.8. The van der Waals surface area contributed by atoms with E-state index < -0.39 is 5.91 Å². The zero-order chi connectivity index (χ0) is 16.1. The first kappa shape index (κ1) is 16.0. The second-order valence-electron chi connectivity index (χ2n) is 4.91. The first-order valence-electron chi connectivity index (χ1n) is 6.81. The number of rotatable bonds is 4. The van der Waals surface area contributed by atoms with Gasteiger partial charge in [0.05, 0.1) is 12.2 Å². The number of halogens is 1. The topological polar surface area (TPSA) is 76.0 Å². The van der Waals surface area contributed by atoms with Gasteiger partial charge in [-0.05, 0) is 44.2 Å². The normalized spacial score (nSPS) is 10.3. The van der Waals surface area contributed by atoms with Crippen molar-refractivity contribution >= 4 is 23.4 Å². The van der Waals surface area contributed by atoms with E-state index in [9.17, 15) is 9.59 Å². The van der Waals surface area contributed by atoms with Crippen molar-refractivity contribution in [3.8, 4) is 0 Å². The SMILES string of the molecule is Cc1cc(C)n(CCC(=O)NNC(=O)c2ccc(Cl)cc2)n1. The molecule has 2 rings (SSSR count). The van der Waals surface area contributed by atoms with Gasteiger partial charge in [0.1, 0.15) is 0 Å². The summed E-state index contributed by atoms with van der Waals surface area (Å²) in [6.07, 6.45) is 0.225. The van der Waals surface area contributed by atoms with Crippen LogP contribution in [0.3, 0.4) is 0 Å². The summed E-state index contributed by atoms with van der Waals surface area (Å²) >= 11 is 5.75. The van der Waals surface area contributed by atoms with Gasteiger partial charge in [0.15, 0.2) is 0 Å². The lowest BCUT2D eigenvalue weighted by Crippen LogP contribution is -2.41. The zero-order valence-electron chi connectivity index (χ0n) is 12.4. The van der Waals surface area contributed by atoms with E-state index in [1.807, 2.05) is 19.9 Å². The molecule has 2 aromatic rings. The van der Waals surface area contributed by atoms with Crippen LogP contribution in [-0.4, -0.2) is 21.6 Å². The van der Waals surface area contributed by atoms with Crippen LogP contribution in [0.15, 0.2) is 30.3 Å². The van der Waals surface area contributed by atoms with Gasteiger partial charge in [0, 0.05) is 22.7 Å². The van der Waals surface area contributed by atoms with Crippen molar-refractivity contribution < 1.29 is 9.59 Å². The number of carbonyl (C=O) groups excluding carboxylic acids is 2. The molecule has 0 unspecified atom stereocenters. The molecule has 0 saturated heterocycles. The lowest BCUT2D eigenvalue weighted by molar-refractivity contribution is -0.122. The number of carbonyl (C=O) groups is 2. The molecule has 0 saturated carbocycles. The van der Waals surface area contributed by atoms with Crippen molar-refractivity contribution in [2.45, 2.75) is 26.8 Å². The molecule has 116 valence electrons. The van der Waals surface area contributed by atoms with Gasteiger partial charge >= 0.3 is 0 Å². The van der Waals surface area contributed by atoms with Crippen LogP contribution < -0.4 is 10.9 Å². The molecule has 7 heteroatoms. The molecule has 0 radical (unpaired) electrons. The van der Waals surface area contributed by atoms with Crippen LogP contribution >= 0.6 is 11.6 Å². The fourth-order valence-electron chi connectivity index (χ4n) is 1.97. The third kappa shape index (κ3) is 4.33. The molecule has 2 amide bonds. The number of aromatic nitrogens is 2. The van der Waals surface area contributed by atoms with Crippen LogP contribution in [0.4, 0.5) is 0 Å². The summed E-state index contributed by atoms with van der Waals surface area (Å²) in [6, 6.07) is 8.34. The molecule has 1 aromatic carbocycles. The number of nitrogens with one attached hydrogen (secondary N) is 2. The number of benzene rings is 1. The number of hydrogen-bond donors (Lipinski definition) is 2. The van der Waals surface area contributed by atoms with Gasteiger partial charge in [-0.2, -0.15) is 5.10 Å². The average molecular weight is 321 g/mol. The molecule has 0 spiro atoms. The molecule has 6 nitrogen and oxygen atoms in total. The summed E-state index contributed by atoms with van der Waals surface area (Å²) in [7, 11) is 0. The first-order chi connectivity index (χ1) is 10.5. The minimum atomic E-state index is -0.392. The highest BCUT2D eigenvalue weighted by Gasteiger charge is 2.08. The van der Waals surface area contributed by atoms with Crippen molar-refractivity contribution in [1.29, 1.82) is 0 Å². The van der Waals surface area contributed by atoms with E-state index in [4.69, 9.17) is 11.6 Å². The van der Waals surface area contributed by atoms with E-state index in [1.54, 1.807) is 28.9 Å². The summed E-state index contributed by atoms with van der Waals surface area (Å²) in [5, 5.41) is 4.82. The molecule has 0 aliphatic carbocycles. The molecule has 0 aliphatic rings. The van der Waals surface area contributed by atoms with E-state index in [1.165, 1.54) is 0 Å². The Kier molecular flexibility index (Phi) is 5.16. The zero-order valence-corrected chi connectivity index (χ0v) is 13.1. The van der Waals surface area contributed by atoms with Crippen molar-refractivity contribution in [2.75, 3.05) is 0 Å². The lowest BCUT2D eigenvalue weighted by atomic mass is 10.2. The van der Waals surface area contributed by atoms with Crippen molar-refractivity contribution in [3.63, 3.8) is 0 Å². The summed E-state index contributed by atoms with van der Waals surface area (Å²) in [4.78, 5) is 23.5. The molecule has 2 N–H and O–H groups in total. The van der Waals surface area contributed by atoms with E-state index in [-0.39, 0.29) is 12.3 Å². The Morgan fingerprint density at radius 3 is 2.45 bits per heavy atom. The Bertz CT molecular complexity index is 679. The van der Waals surface area contributed by atoms with E-state index >= 15 is 0 Å². The first-order valence-corrected chi connectivity index (χ1v) is 7.19. The van der Waals surface area contributed by atoms with Crippen molar-refractivity contribution in [1.82, 2.24) is 20.6 Å². The van der Waals surface area contributed by atoms with Gasteiger partial charge in [0.2, 0.25) is 5.91 Å². The smallest absolute Gasteiger partial charge is 0.269 e. The predicted octanol–water partition coefficient (Wildman–Crippen LogP) is 2.00. The molecule has 0 bridgehead atoms. The van der Waals surface area contributed by atoms with E-state index in [0.717, 1.165) is 11.4 Å². The van der Waals surface area contributed by atoms with Crippen molar-refractivity contribution in [3.05, 3.63) is 52.3 Å². The highest BCUT2D eigenvalue weighted by molar-refractivity contribution is 6.30. The minimum Gasteiger partial charge on any atom is -0.273 e. The molecule has 0 aliphatic heterocycles. The number of aryl methyl sites for hydroxylation is 3. The Morgan fingerprint density at radius 2 is 1.86 bits per heavy atom. The molecular formula is C15H17ClN4O2. The highest BCUT2D eigenvalue weighted by atomic mass is 35.5. The standard InChI is InChI=1S/C15H17ClN4O2/c1-10-9-11(2)20(19-10)8-7-14(21)17-18-15(22)12-3-5-13(16)6-4-12/h3-6,9H,7-8H2,1-2H3,(H,17,21)(H,18,22). The molecule has 22 heavy (non-hydrogen) atoms. The van der Waals surface area contributed by atoms with Gasteiger partial charge in [-0.25, -0.2) is 0 Å². The number of hydrazine groups is 1. The van der Waals surface area contributed by atoms with E-state index in [0.29, 0.717) is 17.1 Å². The van der Waals surface area contributed by atoms with Crippen LogP contribution in [0.1, 0.15) is 28.2 Å². The minimum absolute atomic E-state index is 0.225. The van der Waals surface area contributed by atoms with Crippen LogP contribution in [0.2, 0.25) is 5.02 Å². The number of nitrogens with zero attached hydrogens (tertiary/aromatic N) is 2. The molecule has 1 aromatic heterocycles. The summed E-state index contributed by atoms with van der Waals surface area (Å²) in [6.45, 7) is 4.29. The largest absolute Gasteiger partial charge is 0.273 e. The highest BCUT2D eigenvalue weighted by Crippen LogP contribution is 2.09. The van der Waals surface area contributed by atoms with Gasteiger partial charge in [0.25, 0.3) is 5.91 Å². The van der Waals surface area contributed by atoms with Gasteiger partial charge in [-0.1, -0.05) is 11.6 Å². The maximum Gasteiger partial charge on any atom is 0.269 e. The second-order valence-corrected chi connectivity index (χ2v) is 5.35. The fourth-order valence-corrected chi connectivity index (χ4v) is 2.10. The molecule has 0 atom stereocenters. The molecule has 1 heterocycles. The van der Waals surface area contributed by atoms with Crippen molar-refractivity contribution in [2.24, 2.45) is 0 Å². The Labute approximate surface area is 133 Å². The van der Waals surface area contributed by atoms with E-state index in [2.05, 4.69) is 16.0 Å². The predicted molar refractivity (Wildman–Crippen MR) is 83.4 cm³/mol. The third-order valence-electron chi connectivity index (χ3n) is 3.08. The van der Waals surface area contributed by atoms with Gasteiger partial charge < -0.3 is 0 Å². The Hall–Kier alpha value is -2.34. The average Bonchev–Trinajstić information content (AvgIpc) is 2.81. The van der Waals surface area contributed by atoms with Gasteiger partial charge in [-0.3, -0.25) is 25.1 Å². The summed E-state index contributed by atoms with van der Waals surface area (Å²) < 4.78 is 1.76. The van der Waals surface area contributed by atoms with Crippen LogP contribution in [0.25, 0.3) is 0 Å². The maximum absolute atomic E-state index is 11.8. The van der Waals surface area contributed by atoms with Gasteiger partial charge in [-0.15, -0.1) is 0 Å². The van der Waals surface area contributed by atoms with Crippen LogP contribution in [0, 0.1) is 13.8 Å². The third-order valence-corrected chi connectivity index (χ3v) is 3.33. The Morgan fingerprint density at radius 1 is 1.18 bits per heavy atom. The summed E-state index contributed by atoms with van der Waals surface area (Å²) in [5.74, 6) is -0.675. The van der Waals surface area contributed by atoms with Crippen LogP contribution in [0.5, 0.6) is 0 Å². The Balaban J connectivity index is 1.79. The summed E-state index contributed by atoms with van der Waals surface area (Å²) in [5.41, 5.74) is 7.07. The fraction of sp³-hybridized carbons (Fsp3) is 0.267. The quantitative estimate of drug-likeness (QED) is 0.846. The monoisotopic (exact) mass is 320 g/mol.